The van der Waals surface area contributed by atoms with E-state index in [1.165, 1.54) is 11.3 Å². The van der Waals surface area contributed by atoms with Crippen LogP contribution in [0, 0.1) is 5.92 Å². The molecule has 0 radical (unpaired) electrons. The number of nitrogens with zero attached hydrogens (tertiary/aromatic N) is 2. The predicted octanol–water partition coefficient (Wildman–Crippen LogP) is 4.26. The lowest BCUT2D eigenvalue weighted by atomic mass is 10.1. The number of anilines is 1. The molecule has 1 aliphatic heterocycles. The van der Waals surface area contributed by atoms with E-state index in [0.717, 1.165) is 5.69 Å². The summed E-state index contributed by atoms with van der Waals surface area (Å²) in [4.78, 5) is 21.2. The van der Waals surface area contributed by atoms with Crippen LogP contribution in [0.1, 0.15) is 32.0 Å². The molecule has 28 heavy (non-hydrogen) atoms. The molecule has 1 N–H and O–H groups in total. The molecule has 146 valence electrons. The van der Waals surface area contributed by atoms with Gasteiger partial charge in [0, 0.05) is 17.7 Å². The summed E-state index contributed by atoms with van der Waals surface area (Å²) in [6, 6.07) is 3.24. The molecule has 3 heterocycles. The maximum absolute atomic E-state index is 11.9. The lowest BCUT2D eigenvalue weighted by Crippen LogP contribution is -2.28. The van der Waals surface area contributed by atoms with Crippen LogP contribution in [0.5, 0.6) is 5.75 Å². The lowest BCUT2D eigenvalue weighted by Gasteiger charge is -2.12. The highest BCUT2D eigenvalue weighted by molar-refractivity contribution is 7.13. The number of carbonyl (C=O) groups is 1. The summed E-state index contributed by atoms with van der Waals surface area (Å²) >= 11 is 14.4. The second kappa shape index (κ2) is 7.39. The molecular formula is C19H17Cl2N3O3S. The minimum Gasteiger partial charge on any atom is -0.495 e. The molecule has 0 spiro atoms. The molecule has 2 aromatic heterocycles. The zero-order chi connectivity index (χ0) is 20.0. The lowest BCUT2D eigenvalue weighted by molar-refractivity contribution is -0.118. The van der Waals surface area contributed by atoms with Crippen molar-refractivity contribution in [1.82, 2.24) is 4.98 Å². The van der Waals surface area contributed by atoms with Gasteiger partial charge >= 0.3 is 0 Å². The van der Waals surface area contributed by atoms with E-state index in [-0.39, 0.29) is 17.9 Å². The summed E-state index contributed by atoms with van der Waals surface area (Å²) in [7, 11) is 1.56. The van der Waals surface area contributed by atoms with Gasteiger partial charge in [0.2, 0.25) is 5.91 Å². The van der Waals surface area contributed by atoms with E-state index in [0.29, 0.717) is 49.1 Å². The van der Waals surface area contributed by atoms with E-state index in [2.05, 4.69) is 10.3 Å². The van der Waals surface area contributed by atoms with Crippen molar-refractivity contribution in [1.29, 1.82) is 0 Å². The van der Waals surface area contributed by atoms with Crippen molar-refractivity contribution in [3.63, 3.8) is 0 Å². The molecule has 1 unspecified atom stereocenters. The number of amides is 1. The van der Waals surface area contributed by atoms with Crippen LogP contribution in [0.4, 0.5) is 5.13 Å². The Hall–Kier alpha value is -2.09. The fourth-order valence-corrected chi connectivity index (χ4v) is 4.32. The van der Waals surface area contributed by atoms with Crippen molar-refractivity contribution in [2.75, 3.05) is 12.4 Å². The Morgan fingerprint density at radius 2 is 2.18 bits per heavy atom. The van der Waals surface area contributed by atoms with Crippen LogP contribution in [0.3, 0.4) is 0 Å². The Balaban J connectivity index is 1.78. The largest absolute Gasteiger partial charge is 0.495 e. The fraction of sp³-hybridized carbons (Fsp3) is 0.316. The Bertz CT molecular complexity index is 1200. The molecule has 1 aliphatic rings. The van der Waals surface area contributed by atoms with Crippen molar-refractivity contribution in [2.24, 2.45) is 10.9 Å². The predicted molar refractivity (Wildman–Crippen MR) is 111 cm³/mol. The van der Waals surface area contributed by atoms with Gasteiger partial charge in [-0.15, -0.1) is 11.3 Å². The second-order valence-corrected chi connectivity index (χ2v) is 8.40. The standard InChI is InChI=1S/C19H17Cl2N3O3S/c1-8(2)18(25)24-19-23-11(7-28-19)10-6-9(20)17-16(22-10)14-12(27-17)4-5-13(26-3)15(14)21/h4-5,7-8,10H,6H2,1-3H3,(H,23,24,25). The second-order valence-electron chi connectivity index (χ2n) is 6.71. The molecule has 0 saturated carbocycles. The number of hydrogen-bond acceptors (Lipinski definition) is 6. The normalized spacial score (nSPS) is 16.2. The first kappa shape index (κ1) is 19.2. The van der Waals surface area contributed by atoms with Gasteiger partial charge < -0.3 is 14.5 Å². The number of furan rings is 1. The summed E-state index contributed by atoms with van der Waals surface area (Å²) in [5.41, 5.74) is 1.86. The average Bonchev–Trinajstić information content (AvgIpc) is 3.27. The number of methoxy groups -OCH3 is 1. The first-order valence-corrected chi connectivity index (χ1v) is 10.3. The minimum absolute atomic E-state index is 0.0759. The highest BCUT2D eigenvalue weighted by Crippen LogP contribution is 2.34. The van der Waals surface area contributed by atoms with Gasteiger partial charge in [0.1, 0.15) is 16.7 Å². The van der Waals surface area contributed by atoms with Crippen LogP contribution in [0.15, 0.2) is 26.9 Å². The molecular weight excluding hydrogens is 421 g/mol. The number of aromatic nitrogens is 1. The first-order chi connectivity index (χ1) is 13.4. The number of nitrogens with one attached hydrogen (secondary N) is 1. The Kier molecular flexibility index (Phi) is 5.07. The number of benzene rings is 1. The van der Waals surface area contributed by atoms with Crippen LogP contribution < -0.4 is 20.8 Å². The first-order valence-electron chi connectivity index (χ1n) is 8.66. The summed E-state index contributed by atoms with van der Waals surface area (Å²) in [6.45, 7) is 3.66. The smallest absolute Gasteiger partial charge is 0.228 e. The van der Waals surface area contributed by atoms with Crippen molar-refractivity contribution in [3.05, 3.63) is 39.0 Å². The molecule has 4 rings (SSSR count). The molecule has 1 amide bonds. The third kappa shape index (κ3) is 3.27. The topological polar surface area (TPSA) is 76.7 Å². The zero-order valence-corrected chi connectivity index (χ0v) is 17.7. The van der Waals surface area contributed by atoms with E-state index in [1.54, 1.807) is 19.2 Å². The van der Waals surface area contributed by atoms with Crippen molar-refractivity contribution >= 4 is 61.6 Å². The van der Waals surface area contributed by atoms with Crippen LogP contribution >= 0.6 is 34.5 Å². The van der Waals surface area contributed by atoms with E-state index in [9.17, 15) is 4.79 Å². The summed E-state index contributed by atoms with van der Waals surface area (Å²) < 4.78 is 11.2. The fourth-order valence-electron chi connectivity index (χ4n) is 2.96. The third-order valence-corrected chi connectivity index (χ3v) is 5.95. The van der Waals surface area contributed by atoms with Crippen molar-refractivity contribution in [2.45, 2.75) is 26.3 Å². The molecule has 0 bridgehead atoms. The highest BCUT2D eigenvalue weighted by Gasteiger charge is 2.24. The molecule has 0 fully saturated rings. The van der Waals surface area contributed by atoms with E-state index < -0.39 is 0 Å². The number of halogens is 2. The molecule has 1 atom stereocenters. The highest BCUT2D eigenvalue weighted by atomic mass is 35.5. The molecule has 9 heteroatoms. The SMILES string of the molecule is COc1ccc2oc3c(c2c1Cl)=NC(c1csc(NC(=O)C(C)C)n1)CC=3Cl. The summed E-state index contributed by atoms with van der Waals surface area (Å²) in [5, 5.41) is 7.49. The van der Waals surface area contributed by atoms with E-state index >= 15 is 0 Å². The van der Waals surface area contributed by atoms with Gasteiger partial charge in [0.05, 0.1) is 34.3 Å². The Morgan fingerprint density at radius 1 is 1.39 bits per heavy atom. The number of ether oxygens (including phenoxy) is 1. The van der Waals surface area contributed by atoms with Gasteiger partial charge in [-0.1, -0.05) is 37.0 Å². The maximum atomic E-state index is 11.9. The molecule has 1 aromatic carbocycles. The van der Waals surface area contributed by atoms with Gasteiger partial charge in [-0.05, 0) is 12.1 Å². The van der Waals surface area contributed by atoms with Gasteiger partial charge in [-0.3, -0.25) is 9.79 Å². The third-order valence-electron chi connectivity index (χ3n) is 4.47. The average molecular weight is 438 g/mol. The molecule has 0 aliphatic carbocycles. The van der Waals surface area contributed by atoms with Gasteiger partial charge in [-0.2, -0.15) is 0 Å². The number of fused-ring (bicyclic) bond motifs is 3. The van der Waals surface area contributed by atoms with Gasteiger partial charge in [0.15, 0.2) is 10.5 Å². The number of hydrogen-bond donors (Lipinski definition) is 1. The minimum atomic E-state index is -0.288. The van der Waals surface area contributed by atoms with Crippen LogP contribution in [-0.4, -0.2) is 18.0 Å². The number of carbonyl (C=O) groups excluding carboxylic acids is 1. The van der Waals surface area contributed by atoms with E-state index in [4.69, 9.17) is 37.3 Å². The van der Waals surface area contributed by atoms with Crippen molar-refractivity contribution in [3.8, 4) is 5.75 Å². The number of thiazole rings is 1. The van der Waals surface area contributed by atoms with Crippen LogP contribution in [0.25, 0.3) is 16.0 Å². The monoisotopic (exact) mass is 437 g/mol. The Morgan fingerprint density at radius 3 is 2.89 bits per heavy atom. The van der Waals surface area contributed by atoms with E-state index in [1.807, 2.05) is 19.2 Å². The summed E-state index contributed by atoms with van der Waals surface area (Å²) in [6.07, 6.45) is 0.463. The van der Waals surface area contributed by atoms with Crippen molar-refractivity contribution < 1.29 is 13.9 Å². The van der Waals surface area contributed by atoms with Gasteiger partial charge in [0.25, 0.3) is 0 Å². The quantitative estimate of drug-likeness (QED) is 0.661. The maximum Gasteiger partial charge on any atom is 0.228 e. The molecule has 3 aromatic rings. The van der Waals surface area contributed by atoms with Crippen LogP contribution in [0.2, 0.25) is 5.02 Å². The number of rotatable bonds is 4. The summed E-state index contributed by atoms with van der Waals surface area (Å²) in [5.74, 6) is 0.345. The molecule has 0 saturated heterocycles. The zero-order valence-electron chi connectivity index (χ0n) is 15.4. The van der Waals surface area contributed by atoms with Gasteiger partial charge in [-0.25, -0.2) is 4.98 Å². The molecule has 6 nitrogen and oxygen atoms in total. The Labute approximate surface area is 174 Å². The van der Waals surface area contributed by atoms with Crippen LogP contribution in [-0.2, 0) is 4.79 Å².